The second-order valence-electron chi connectivity index (χ2n) is 2.52. The molecule has 1 heterocycles. The lowest BCUT2D eigenvalue weighted by Gasteiger charge is -2.19. The van der Waals surface area contributed by atoms with E-state index in [4.69, 9.17) is 4.74 Å². The van der Waals surface area contributed by atoms with Crippen molar-refractivity contribution in [2.24, 2.45) is 10.9 Å². The number of hydrogen-bond donors (Lipinski definition) is 0. The van der Waals surface area contributed by atoms with Gasteiger partial charge in [-0.05, 0) is 25.1 Å². The fraction of sp³-hybridized carbons (Fsp3) is 0.857. The number of nitrogens with zero attached hydrogens (tertiary/aromatic N) is 1. The summed E-state index contributed by atoms with van der Waals surface area (Å²) in [5.41, 5.74) is 0. The van der Waals surface area contributed by atoms with Gasteiger partial charge in [0.25, 0.3) is 0 Å². The van der Waals surface area contributed by atoms with Gasteiger partial charge in [0.15, 0.2) is 0 Å². The molecular weight excluding hydrogens is 146 g/mol. The zero-order chi connectivity index (χ0) is 7.23. The van der Waals surface area contributed by atoms with Crippen molar-refractivity contribution in [1.29, 1.82) is 0 Å². The highest BCUT2D eigenvalue weighted by Crippen LogP contribution is 2.12. The minimum absolute atomic E-state index is 0.587. The van der Waals surface area contributed by atoms with Crippen molar-refractivity contribution in [3.63, 3.8) is 0 Å². The highest BCUT2D eigenvalue weighted by Gasteiger charge is 2.12. The molecule has 0 radical (unpaired) electrons. The molecule has 1 aliphatic heterocycles. The molecule has 10 heavy (non-hydrogen) atoms. The predicted octanol–water partition coefficient (Wildman–Crippen LogP) is 1.52. The van der Waals surface area contributed by atoms with Crippen LogP contribution in [-0.4, -0.2) is 24.9 Å². The van der Waals surface area contributed by atoms with Crippen molar-refractivity contribution in [3.05, 3.63) is 0 Å². The van der Waals surface area contributed by atoms with Gasteiger partial charge in [-0.3, -0.25) is 0 Å². The molecule has 1 aliphatic rings. The largest absolute Gasteiger partial charge is 0.381 e. The summed E-state index contributed by atoms with van der Waals surface area (Å²) in [5.74, 6) is 0.587. The van der Waals surface area contributed by atoms with Crippen molar-refractivity contribution in [1.82, 2.24) is 0 Å². The van der Waals surface area contributed by atoms with Gasteiger partial charge < -0.3 is 4.74 Å². The number of aliphatic imine (C=N–C) groups is 1. The maximum Gasteiger partial charge on any atom is 0.0585 e. The van der Waals surface area contributed by atoms with Crippen LogP contribution in [0.2, 0.25) is 0 Å². The Bertz CT molecular complexity index is 137. The summed E-state index contributed by atoms with van der Waals surface area (Å²) in [6.07, 6.45) is 2.39. The first-order valence-electron chi connectivity index (χ1n) is 3.55. The topological polar surface area (TPSA) is 21.6 Å². The summed E-state index contributed by atoms with van der Waals surface area (Å²) in [5, 5.41) is 2.37. The predicted molar refractivity (Wildman–Crippen MR) is 43.4 cm³/mol. The van der Waals surface area contributed by atoms with E-state index in [0.717, 1.165) is 26.2 Å². The molecule has 56 valence electrons. The van der Waals surface area contributed by atoms with Gasteiger partial charge in [0, 0.05) is 12.5 Å². The van der Waals surface area contributed by atoms with E-state index in [1.807, 2.05) is 0 Å². The maximum absolute atomic E-state index is 5.26. The van der Waals surface area contributed by atoms with Crippen molar-refractivity contribution in [2.75, 3.05) is 19.8 Å². The molecule has 0 saturated carbocycles. The zero-order valence-corrected chi connectivity index (χ0v) is 6.69. The monoisotopic (exact) mass is 157 g/mol. The second kappa shape index (κ2) is 4.56. The van der Waals surface area contributed by atoms with Crippen molar-refractivity contribution in [3.8, 4) is 0 Å². The third-order valence-corrected chi connectivity index (χ3v) is 1.80. The molecule has 2 nitrogen and oxygen atoms in total. The Kier molecular flexibility index (Phi) is 3.58. The molecule has 1 atom stereocenters. The third kappa shape index (κ3) is 2.56. The first-order chi connectivity index (χ1) is 4.93. The Labute approximate surface area is 66.3 Å². The fourth-order valence-corrected chi connectivity index (χ4v) is 1.19. The molecule has 3 heteroatoms. The Hall–Kier alpha value is -0.240. The molecular formula is C7H11NOS. The average Bonchev–Trinajstić information content (AvgIpc) is 2.03. The first-order valence-corrected chi connectivity index (χ1v) is 3.95. The van der Waals surface area contributed by atoms with Crippen LogP contribution in [0.15, 0.2) is 4.99 Å². The van der Waals surface area contributed by atoms with Crippen LogP contribution in [0.1, 0.15) is 12.8 Å². The standard InChI is InChI=1S/C7H11NOS/c10-6-8-4-7-2-1-3-9-5-7/h7H,1-5H2. The van der Waals surface area contributed by atoms with E-state index in [9.17, 15) is 0 Å². The smallest absolute Gasteiger partial charge is 0.0585 e. The molecule has 0 bridgehead atoms. The number of hydrogen-bond acceptors (Lipinski definition) is 3. The van der Waals surface area contributed by atoms with E-state index >= 15 is 0 Å². The summed E-state index contributed by atoms with van der Waals surface area (Å²) in [6, 6.07) is 0. The molecule has 0 spiro atoms. The van der Waals surface area contributed by atoms with Crippen LogP contribution in [0.25, 0.3) is 0 Å². The van der Waals surface area contributed by atoms with Crippen LogP contribution in [0.4, 0.5) is 0 Å². The quantitative estimate of drug-likeness (QED) is 0.447. The summed E-state index contributed by atoms with van der Waals surface area (Å²) in [7, 11) is 0. The minimum Gasteiger partial charge on any atom is -0.381 e. The van der Waals surface area contributed by atoms with Gasteiger partial charge in [0.2, 0.25) is 0 Å². The lowest BCUT2D eigenvalue weighted by Crippen LogP contribution is -2.19. The van der Waals surface area contributed by atoms with Crippen LogP contribution in [-0.2, 0) is 4.74 Å². The van der Waals surface area contributed by atoms with Gasteiger partial charge in [-0.2, -0.15) is 0 Å². The van der Waals surface area contributed by atoms with E-state index in [1.165, 1.54) is 6.42 Å². The van der Waals surface area contributed by atoms with Gasteiger partial charge in [0.1, 0.15) is 0 Å². The Morgan fingerprint density at radius 1 is 1.70 bits per heavy atom. The zero-order valence-electron chi connectivity index (χ0n) is 5.88. The SMILES string of the molecule is S=C=NCC1CCCOC1. The Balaban J connectivity index is 2.19. The molecule has 1 unspecified atom stereocenters. The summed E-state index contributed by atoms with van der Waals surface area (Å²) < 4.78 is 5.26. The van der Waals surface area contributed by atoms with E-state index < -0.39 is 0 Å². The minimum atomic E-state index is 0.587. The van der Waals surface area contributed by atoms with Crippen LogP contribution in [0.5, 0.6) is 0 Å². The van der Waals surface area contributed by atoms with E-state index in [0.29, 0.717) is 5.92 Å². The van der Waals surface area contributed by atoms with Crippen molar-refractivity contribution in [2.45, 2.75) is 12.8 Å². The lowest BCUT2D eigenvalue weighted by molar-refractivity contribution is 0.0583. The number of isothiocyanates is 1. The number of thiocarbonyl (C=S) groups is 1. The molecule has 0 N–H and O–H groups in total. The van der Waals surface area contributed by atoms with Gasteiger partial charge in [-0.25, -0.2) is 4.99 Å². The average molecular weight is 157 g/mol. The Morgan fingerprint density at radius 3 is 3.20 bits per heavy atom. The van der Waals surface area contributed by atoms with Crippen LogP contribution < -0.4 is 0 Å². The molecule has 1 saturated heterocycles. The Morgan fingerprint density at radius 2 is 2.60 bits per heavy atom. The van der Waals surface area contributed by atoms with Crippen LogP contribution >= 0.6 is 12.2 Å². The maximum atomic E-state index is 5.26. The molecule has 0 aromatic rings. The van der Waals surface area contributed by atoms with E-state index in [2.05, 4.69) is 22.4 Å². The highest BCUT2D eigenvalue weighted by atomic mass is 32.1. The number of rotatable bonds is 2. The number of ether oxygens (including phenoxy) is 1. The highest BCUT2D eigenvalue weighted by molar-refractivity contribution is 7.78. The van der Waals surface area contributed by atoms with Crippen LogP contribution in [0.3, 0.4) is 0 Å². The summed E-state index contributed by atoms with van der Waals surface area (Å²) in [4.78, 5) is 3.88. The molecule has 0 aromatic carbocycles. The third-order valence-electron chi connectivity index (χ3n) is 1.67. The summed E-state index contributed by atoms with van der Waals surface area (Å²) in [6.45, 7) is 2.56. The molecule has 1 rings (SSSR count). The van der Waals surface area contributed by atoms with E-state index in [1.54, 1.807) is 0 Å². The second-order valence-corrected chi connectivity index (χ2v) is 2.70. The van der Waals surface area contributed by atoms with Crippen molar-refractivity contribution >= 4 is 17.4 Å². The van der Waals surface area contributed by atoms with Gasteiger partial charge in [-0.1, -0.05) is 0 Å². The van der Waals surface area contributed by atoms with Crippen molar-refractivity contribution < 1.29 is 4.74 Å². The molecule has 0 aliphatic carbocycles. The van der Waals surface area contributed by atoms with Gasteiger partial charge >= 0.3 is 0 Å². The molecule has 0 amide bonds. The lowest BCUT2D eigenvalue weighted by atomic mass is 10.0. The molecule has 0 aromatic heterocycles. The normalized spacial score (nSPS) is 25.4. The molecule has 1 fully saturated rings. The van der Waals surface area contributed by atoms with Crippen LogP contribution in [0, 0.1) is 5.92 Å². The fourth-order valence-electron chi connectivity index (χ4n) is 1.12. The first kappa shape index (κ1) is 7.86. The van der Waals surface area contributed by atoms with E-state index in [-0.39, 0.29) is 0 Å². The van der Waals surface area contributed by atoms with Gasteiger partial charge in [0.05, 0.1) is 18.3 Å². The summed E-state index contributed by atoms with van der Waals surface area (Å²) >= 11 is 4.46. The van der Waals surface area contributed by atoms with Gasteiger partial charge in [-0.15, -0.1) is 0 Å².